The van der Waals surface area contributed by atoms with Crippen LogP contribution in [0, 0.1) is 0 Å². The molecule has 18 heavy (non-hydrogen) atoms. The highest BCUT2D eigenvalue weighted by Crippen LogP contribution is 2.31. The fourth-order valence-electron chi connectivity index (χ4n) is 1.46. The van der Waals surface area contributed by atoms with Crippen molar-refractivity contribution in [1.82, 2.24) is 10.3 Å². The topological polar surface area (TPSA) is 24.9 Å². The van der Waals surface area contributed by atoms with E-state index in [9.17, 15) is 13.2 Å². The first-order valence-corrected chi connectivity index (χ1v) is 5.82. The predicted octanol–water partition coefficient (Wildman–Crippen LogP) is 3.50. The fraction of sp³-hybridized carbons (Fsp3) is 0.462. The summed E-state index contributed by atoms with van der Waals surface area (Å²) in [6.45, 7) is 4.79. The van der Waals surface area contributed by atoms with Crippen LogP contribution in [-0.4, -0.2) is 17.6 Å². The Labute approximate surface area is 105 Å². The third kappa shape index (κ3) is 4.87. The monoisotopic (exact) mass is 258 g/mol. The second-order valence-corrected chi connectivity index (χ2v) is 4.26. The largest absolute Gasteiger partial charge is 0.417 e. The highest BCUT2D eigenvalue weighted by molar-refractivity contribution is 5.53. The molecule has 0 aliphatic rings. The van der Waals surface area contributed by atoms with E-state index >= 15 is 0 Å². The zero-order chi connectivity index (χ0) is 13.6. The summed E-state index contributed by atoms with van der Waals surface area (Å²) in [5, 5.41) is 3.19. The lowest BCUT2D eigenvalue weighted by molar-refractivity contribution is -0.137. The first-order chi connectivity index (χ1) is 8.41. The summed E-state index contributed by atoms with van der Waals surface area (Å²) in [6.07, 6.45) is 1.93. The van der Waals surface area contributed by atoms with E-state index in [-0.39, 0.29) is 5.56 Å². The molecule has 1 N–H and O–H groups in total. The lowest BCUT2D eigenvalue weighted by Crippen LogP contribution is -2.23. The Morgan fingerprint density at radius 1 is 1.39 bits per heavy atom. The molecule has 1 aromatic rings. The Bertz CT molecular complexity index is 397. The van der Waals surface area contributed by atoms with Crippen LogP contribution in [0.3, 0.4) is 0 Å². The lowest BCUT2D eigenvalue weighted by Gasteiger charge is -2.09. The molecule has 0 aliphatic carbocycles. The Morgan fingerprint density at radius 3 is 2.72 bits per heavy atom. The van der Waals surface area contributed by atoms with E-state index in [2.05, 4.69) is 10.3 Å². The molecule has 1 heterocycles. The van der Waals surface area contributed by atoms with E-state index in [4.69, 9.17) is 0 Å². The molecule has 100 valence electrons. The molecule has 0 amide bonds. The SMILES string of the molecule is CC(C)NCC/C=C/c1cnccc1C(F)(F)F. The van der Waals surface area contributed by atoms with Crippen molar-refractivity contribution >= 4 is 6.08 Å². The molecule has 0 aliphatic heterocycles. The normalized spacial score (nSPS) is 12.6. The summed E-state index contributed by atoms with van der Waals surface area (Å²) in [5.41, 5.74) is -0.542. The van der Waals surface area contributed by atoms with Crippen LogP contribution in [0.15, 0.2) is 24.5 Å². The minimum atomic E-state index is -4.33. The van der Waals surface area contributed by atoms with Crippen LogP contribution in [0.1, 0.15) is 31.4 Å². The number of aromatic nitrogens is 1. The standard InChI is InChI=1S/C13H17F3N2/c1-10(2)18-7-4-3-5-11-9-17-8-6-12(11)13(14,15)16/h3,5-6,8-10,18H,4,7H2,1-2H3/b5-3+. The van der Waals surface area contributed by atoms with Crippen molar-refractivity contribution in [3.05, 3.63) is 35.7 Å². The van der Waals surface area contributed by atoms with Gasteiger partial charge in [-0.15, -0.1) is 0 Å². The minimum Gasteiger partial charge on any atom is -0.314 e. The lowest BCUT2D eigenvalue weighted by atomic mass is 10.1. The Hall–Kier alpha value is -1.36. The van der Waals surface area contributed by atoms with Gasteiger partial charge < -0.3 is 5.32 Å². The zero-order valence-electron chi connectivity index (χ0n) is 10.5. The number of halogens is 3. The molecule has 1 rings (SSSR count). The van der Waals surface area contributed by atoms with Gasteiger partial charge >= 0.3 is 6.18 Å². The first kappa shape index (κ1) is 14.7. The number of rotatable bonds is 5. The van der Waals surface area contributed by atoms with E-state index in [1.807, 2.05) is 13.8 Å². The number of nitrogens with zero attached hydrogens (tertiary/aromatic N) is 1. The minimum absolute atomic E-state index is 0.106. The number of alkyl halides is 3. The first-order valence-electron chi connectivity index (χ1n) is 5.82. The number of nitrogens with one attached hydrogen (secondary N) is 1. The third-order valence-corrected chi connectivity index (χ3v) is 2.32. The summed E-state index contributed by atoms with van der Waals surface area (Å²) in [6, 6.07) is 1.37. The Kier molecular flexibility index (Phi) is 5.34. The van der Waals surface area contributed by atoms with Crippen LogP contribution in [0.2, 0.25) is 0 Å². The number of hydrogen-bond donors (Lipinski definition) is 1. The van der Waals surface area contributed by atoms with Crippen LogP contribution in [0.5, 0.6) is 0 Å². The van der Waals surface area contributed by atoms with Crippen molar-refractivity contribution in [1.29, 1.82) is 0 Å². The van der Waals surface area contributed by atoms with Gasteiger partial charge in [0.2, 0.25) is 0 Å². The van der Waals surface area contributed by atoms with Crippen molar-refractivity contribution in [2.24, 2.45) is 0 Å². The molecule has 0 saturated heterocycles. The average Bonchev–Trinajstić information content (AvgIpc) is 2.27. The fourth-order valence-corrected chi connectivity index (χ4v) is 1.46. The molecule has 1 aromatic heterocycles. The predicted molar refractivity (Wildman–Crippen MR) is 66.0 cm³/mol. The van der Waals surface area contributed by atoms with Gasteiger partial charge in [0.25, 0.3) is 0 Å². The molecule has 0 bridgehead atoms. The second kappa shape index (κ2) is 6.54. The van der Waals surface area contributed by atoms with Crippen molar-refractivity contribution in [3.63, 3.8) is 0 Å². The Balaban J connectivity index is 2.64. The molecule has 2 nitrogen and oxygen atoms in total. The number of pyridine rings is 1. The van der Waals surface area contributed by atoms with Gasteiger partial charge in [0, 0.05) is 24.0 Å². The molecular formula is C13H17F3N2. The maximum Gasteiger partial charge on any atom is 0.417 e. The quantitative estimate of drug-likeness (QED) is 0.818. The smallest absolute Gasteiger partial charge is 0.314 e. The summed E-state index contributed by atoms with van der Waals surface area (Å²) in [7, 11) is 0. The van der Waals surface area contributed by atoms with E-state index in [0.717, 1.165) is 18.8 Å². The number of hydrogen-bond acceptors (Lipinski definition) is 2. The highest BCUT2D eigenvalue weighted by atomic mass is 19.4. The van der Waals surface area contributed by atoms with Gasteiger partial charge in [0.1, 0.15) is 0 Å². The average molecular weight is 258 g/mol. The maximum absolute atomic E-state index is 12.7. The van der Waals surface area contributed by atoms with E-state index < -0.39 is 11.7 Å². The molecule has 0 spiro atoms. The van der Waals surface area contributed by atoms with Gasteiger partial charge in [-0.25, -0.2) is 0 Å². The van der Waals surface area contributed by atoms with E-state index in [0.29, 0.717) is 12.5 Å². The molecule has 0 atom stereocenters. The van der Waals surface area contributed by atoms with Crippen LogP contribution < -0.4 is 5.32 Å². The van der Waals surface area contributed by atoms with Gasteiger partial charge in [-0.3, -0.25) is 4.98 Å². The van der Waals surface area contributed by atoms with Crippen LogP contribution >= 0.6 is 0 Å². The van der Waals surface area contributed by atoms with E-state index in [1.54, 1.807) is 6.08 Å². The Morgan fingerprint density at radius 2 is 2.11 bits per heavy atom. The molecule has 0 radical (unpaired) electrons. The van der Waals surface area contributed by atoms with Gasteiger partial charge in [-0.1, -0.05) is 26.0 Å². The summed E-state index contributed by atoms with van der Waals surface area (Å²) in [5.74, 6) is 0. The summed E-state index contributed by atoms with van der Waals surface area (Å²) >= 11 is 0. The summed E-state index contributed by atoms with van der Waals surface area (Å²) < 4.78 is 38.0. The second-order valence-electron chi connectivity index (χ2n) is 4.26. The van der Waals surface area contributed by atoms with Crippen LogP contribution in [-0.2, 0) is 6.18 Å². The molecule has 0 aromatic carbocycles. The van der Waals surface area contributed by atoms with Gasteiger partial charge in [0.15, 0.2) is 0 Å². The maximum atomic E-state index is 12.7. The highest BCUT2D eigenvalue weighted by Gasteiger charge is 2.32. The van der Waals surface area contributed by atoms with Crippen molar-refractivity contribution in [3.8, 4) is 0 Å². The molecule has 0 saturated carbocycles. The van der Waals surface area contributed by atoms with Crippen LogP contribution in [0.4, 0.5) is 13.2 Å². The zero-order valence-corrected chi connectivity index (χ0v) is 10.5. The van der Waals surface area contributed by atoms with Crippen LogP contribution in [0.25, 0.3) is 6.08 Å². The van der Waals surface area contributed by atoms with Gasteiger partial charge in [0.05, 0.1) is 5.56 Å². The van der Waals surface area contributed by atoms with Gasteiger partial charge in [-0.05, 0) is 19.0 Å². The van der Waals surface area contributed by atoms with Crippen molar-refractivity contribution < 1.29 is 13.2 Å². The van der Waals surface area contributed by atoms with Crippen molar-refractivity contribution in [2.45, 2.75) is 32.5 Å². The van der Waals surface area contributed by atoms with Crippen molar-refractivity contribution in [2.75, 3.05) is 6.54 Å². The van der Waals surface area contributed by atoms with E-state index in [1.165, 1.54) is 12.3 Å². The molecule has 5 heteroatoms. The third-order valence-electron chi connectivity index (χ3n) is 2.32. The molecule has 0 unspecified atom stereocenters. The van der Waals surface area contributed by atoms with Gasteiger partial charge in [-0.2, -0.15) is 13.2 Å². The molecule has 0 fully saturated rings. The summed E-state index contributed by atoms with van der Waals surface area (Å²) in [4.78, 5) is 3.72. The molecular weight excluding hydrogens is 241 g/mol.